The van der Waals surface area contributed by atoms with Gasteiger partial charge in [-0.1, -0.05) is 12.8 Å². The quantitative estimate of drug-likeness (QED) is 0.478. The SMILES string of the molecule is CC#CCC(C#CCC)(C(=O)NO)S(=O)(=O)c1ccc(OC)cc1. The molecule has 0 aliphatic rings. The summed E-state index contributed by atoms with van der Waals surface area (Å²) in [4.78, 5) is 12.1. The topological polar surface area (TPSA) is 92.7 Å². The molecule has 0 saturated heterocycles. The molecule has 24 heavy (non-hydrogen) atoms. The number of amides is 1. The Morgan fingerprint density at radius 1 is 1.29 bits per heavy atom. The summed E-state index contributed by atoms with van der Waals surface area (Å²) in [7, 11) is -2.79. The zero-order valence-corrected chi connectivity index (χ0v) is 14.5. The van der Waals surface area contributed by atoms with Gasteiger partial charge in [-0.15, -0.1) is 17.8 Å². The van der Waals surface area contributed by atoms with Crippen LogP contribution in [0.2, 0.25) is 0 Å². The molecule has 1 amide bonds. The predicted molar refractivity (Wildman–Crippen MR) is 89.0 cm³/mol. The Labute approximate surface area is 142 Å². The highest BCUT2D eigenvalue weighted by Gasteiger charge is 2.50. The molecular formula is C17H19NO5S. The lowest BCUT2D eigenvalue weighted by atomic mass is 10.0. The third-order valence-corrected chi connectivity index (χ3v) is 5.52. The van der Waals surface area contributed by atoms with E-state index >= 15 is 0 Å². The molecule has 2 N–H and O–H groups in total. The van der Waals surface area contributed by atoms with E-state index in [1.165, 1.54) is 43.8 Å². The molecule has 0 spiro atoms. The summed E-state index contributed by atoms with van der Waals surface area (Å²) in [5.74, 6) is 9.58. The van der Waals surface area contributed by atoms with Crippen LogP contribution in [0.5, 0.6) is 5.75 Å². The average molecular weight is 349 g/mol. The summed E-state index contributed by atoms with van der Waals surface area (Å²) >= 11 is 0. The third-order valence-electron chi connectivity index (χ3n) is 3.28. The lowest BCUT2D eigenvalue weighted by Gasteiger charge is -2.24. The summed E-state index contributed by atoms with van der Waals surface area (Å²) in [6.07, 6.45) is -0.0185. The van der Waals surface area contributed by atoms with E-state index in [9.17, 15) is 13.2 Å². The maximum Gasteiger partial charge on any atom is 0.278 e. The zero-order chi connectivity index (χ0) is 18.2. The van der Waals surface area contributed by atoms with Crippen molar-refractivity contribution in [1.29, 1.82) is 0 Å². The van der Waals surface area contributed by atoms with Crippen molar-refractivity contribution in [2.24, 2.45) is 0 Å². The lowest BCUT2D eigenvalue weighted by Crippen LogP contribution is -2.50. The highest BCUT2D eigenvalue weighted by molar-refractivity contribution is 7.94. The first-order valence-corrected chi connectivity index (χ1v) is 8.60. The van der Waals surface area contributed by atoms with Gasteiger partial charge in [0.15, 0.2) is 0 Å². The Kier molecular flexibility index (Phi) is 6.84. The normalized spacial score (nSPS) is 12.7. The fourth-order valence-corrected chi connectivity index (χ4v) is 3.61. The molecule has 1 aromatic rings. The van der Waals surface area contributed by atoms with Crippen molar-refractivity contribution in [3.8, 4) is 29.4 Å². The van der Waals surface area contributed by atoms with E-state index in [2.05, 4.69) is 23.7 Å². The Morgan fingerprint density at radius 2 is 1.92 bits per heavy atom. The minimum Gasteiger partial charge on any atom is -0.497 e. The fraction of sp³-hybridized carbons (Fsp3) is 0.353. The molecule has 0 aliphatic heterocycles. The summed E-state index contributed by atoms with van der Waals surface area (Å²) in [5, 5.41) is 9.06. The monoisotopic (exact) mass is 349 g/mol. The summed E-state index contributed by atoms with van der Waals surface area (Å²) < 4.78 is 29.0. The van der Waals surface area contributed by atoms with E-state index in [1.807, 2.05) is 0 Å². The largest absolute Gasteiger partial charge is 0.497 e. The molecule has 6 nitrogen and oxygen atoms in total. The predicted octanol–water partition coefficient (Wildman–Crippen LogP) is 1.54. The number of rotatable bonds is 5. The van der Waals surface area contributed by atoms with Gasteiger partial charge in [-0.3, -0.25) is 10.0 Å². The molecule has 0 radical (unpaired) electrons. The van der Waals surface area contributed by atoms with Gasteiger partial charge in [0, 0.05) is 12.8 Å². The number of hydrogen-bond donors (Lipinski definition) is 2. The second-order valence-corrected chi connectivity index (χ2v) is 6.88. The van der Waals surface area contributed by atoms with Crippen LogP contribution in [0.15, 0.2) is 29.2 Å². The highest BCUT2D eigenvalue weighted by atomic mass is 32.2. The smallest absolute Gasteiger partial charge is 0.278 e. The minimum atomic E-state index is -4.25. The van der Waals surface area contributed by atoms with Gasteiger partial charge < -0.3 is 4.74 Å². The molecular weight excluding hydrogens is 330 g/mol. The van der Waals surface area contributed by atoms with E-state index < -0.39 is 20.5 Å². The summed E-state index contributed by atoms with van der Waals surface area (Å²) in [6, 6.07) is 5.57. The van der Waals surface area contributed by atoms with Crippen molar-refractivity contribution in [3.63, 3.8) is 0 Å². The number of methoxy groups -OCH3 is 1. The van der Waals surface area contributed by atoms with Crippen LogP contribution in [0.25, 0.3) is 0 Å². The van der Waals surface area contributed by atoms with Crippen LogP contribution in [-0.2, 0) is 14.6 Å². The number of hydrogen-bond acceptors (Lipinski definition) is 5. The van der Waals surface area contributed by atoms with Crippen LogP contribution in [-0.4, -0.2) is 31.4 Å². The van der Waals surface area contributed by atoms with Crippen LogP contribution in [0.3, 0.4) is 0 Å². The fourth-order valence-electron chi connectivity index (χ4n) is 1.96. The number of ether oxygens (including phenoxy) is 1. The molecule has 0 saturated carbocycles. The molecule has 0 aromatic heterocycles. The highest BCUT2D eigenvalue weighted by Crippen LogP contribution is 2.30. The van der Waals surface area contributed by atoms with Gasteiger partial charge in [-0.2, -0.15) is 0 Å². The Hall–Kier alpha value is -2.48. The molecule has 1 atom stereocenters. The summed E-state index contributed by atoms with van der Waals surface area (Å²) in [5.41, 5.74) is 1.41. The van der Waals surface area contributed by atoms with Crippen molar-refractivity contribution >= 4 is 15.7 Å². The van der Waals surface area contributed by atoms with Gasteiger partial charge in [0.05, 0.1) is 12.0 Å². The van der Waals surface area contributed by atoms with Gasteiger partial charge in [0.1, 0.15) is 5.75 Å². The maximum atomic E-state index is 13.1. The molecule has 0 heterocycles. The molecule has 1 rings (SSSR count). The van der Waals surface area contributed by atoms with Gasteiger partial charge in [-0.05, 0) is 31.2 Å². The van der Waals surface area contributed by atoms with Crippen LogP contribution in [0.4, 0.5) is 0 Å². The second-order valence-electron chi connectivity index (χ2n) is 4.71. The molecule has 0 fully saturated rings. The van der Waals surface area contributed by atoms with Crippen LogP contribution in [0.1, 0.15) is 26.7 Å². The minimum absolute atomic E-state index is 0.116. The van der Waals surface area contributed by atoms with Crippen LogP contribution in [0, 0.1) is 23.7 Å². The molecule has 128 valence electrons. The standard InChI is InChI=1S/C17H19NO5S/c1-4-6-12-17(13-7-5-2,16(19)18-20)24(21,22)15-10-8-14(23-3)9-11-15/h8-11,20H,4,13H2,1-3H3,(H,18,19). The van der Waals surface area contributed by atoms with Crippen LogP contribution >= 0.6 is 0 Å². The molecule has 0 aliphatic carbocycles. The van der Waals surface area contributed by atoms with Gasteiger partial charge >= 0.3 is 0 Å². The molecule has 1 unspecified atom stereocenters. The van der Waals surface area contributed by atoms with Crippen molar-refractivity contribution in [1.82, 2.24) is 5.48 Å². The van der Waals surface area contributed by atoms with Crippen molar-refractivity contribution in [2.75, 3.05) is 7.11 Å². The van der Waals surface area contributed by atoms with E-state index in [-0.39, 0.29) is 11.3 Å². The number of carbonyl (C=O) groups is 1. The van der Waals surface area contributed by atoms with Crippen molar-refractivity contribution < 1.29 is 23.2 Å². The molecule has 1 aromatic carbocycles. The Balaban J connectivity index is 3.63. The Bertz CT molecular complexity index is 807. The van der Waals surface area contributed by atoms with E-state index in [4.69, 9.17) is 9.94 Å². The third kappa shape index (κ3) is 3.70. The summed E-state index contributed by atoms with van der Waals surface area (Å²) in [6.45, 7) is 3.25. The van der Waals surface area contributed by atoms with Gasteiger partial charge in [0.25, 0.3) is 5.91 Å². The number of nitrogens with one attached hydrogen (secondary N) is 1. The molecule has 0 bridgehead atoms. The van der Waals surface area contributed by atoms with E-state index in [0.29, 0.717) is 12.2 Å². The first-order chi connectivity index (χ1) is 11.4. The number of hydroxylamine groups is 1. The average Bonchev–Trinajstić information content (AvgIpc) is 2.61. The van der Waals surface area contributed by atoms with Gasteiger partial charge in [0.2, 0.25) is 14.6 Å². The Morgan fingerprint density at radius 3 is 2.38 bits per heavy atom. The second kappa shape index (κ2) is 8.39. The van der Waals surface area contributed by atoms with E-state index in [1.54, 1.807) is 6.92 Å². The lowest BCUT2D eigenvalue weighted by molar-refractivity contribution is -0.130. The van der Waals surface area contributed by atoms with E-state index in [0.717, 1.165) is 0 Å². The van der Waals surface area contributed by atoms with Crippen LogP contribution < -0.4 is 10.2 Å². The zero-order valence-electron chi connectivity index (χ0n) is 13.7. The van der Waals surface area contributed by atoms with Crippen molar-refractivity contribution in [3.05, 3.63) is 24.3 Å². The maximum absolute atomic E-state index is 13.1. The number of sulfone groups is 1. The number of carbonyl (C=O) groups excluding carboxylic acids is 1. The first kappa shape index (κ1) is 19.6. The van der Waals surface area contributed by atoms with Gasteiger partial charge in [-0.25, -0.2) is 13.9 Å². The first-order valence-electron chi connectivity index (χ1n) is 7.12. The number of benzene rings is 1. The van der Waals surface area contributed by atoms with Crippen molar-refractivity contribution in [2.45, 2.75) is 36.3 Å². The molecule has 7 heteroatoms.